The minimum Gasteiger partial charge on any atom is -0.395 e. The highest BCUT2D eigenvalue weighted by Gasteiger charge is 2.05. The van der Waals surface area contributed by atoms with Gasteiger partial charge in [-0.15, -0.1) is 0 Å². The molecule has 21 heavy (non-hydrogen) atoms. The van der Waals surface area contributed by atoms with Crippen LogP contribution in [0.1, 0.15) is 42.8 Å². The molecule has 3 nitrogen and oxygen atoms in total. The van der Waals surface area contributed by atoms with Crippen molar-refractivity contribution in [1.82, 2.24) is 9.78 Å². The van der Waals surface area contributed by atoms with Crippen molar-refractivity contribution in [2.45, 2.75) is 39.7 Å². The SMILES string of the molecule is CCc1cc(CC)n(Cc2ccc(C#CCCO)cc2)n1. The molecule has 2 rings (SSSR count). The third kappa shape index (κ3) is 4.21. The van der Waals surface area contributed by atoms with Crippen LogP contribution >= 0.6 is 0 Å². The summed E-state index contributed by atoms with van der Waals surface area (Å²) in [5.41, 5.74) is 4.64. The predicted octanol–water partition coefficient (Wildman–Crippen LogP) is 2.79. The van der Waals surface area contributed by atoms with Crippen LogP contribution in [0, 0.1) is 11.8 Å². The summed E-state index contributed by atoms with van der Waals surface area (Å²) in [7, 11) is 0. The van der Waals surface area contributed by atoms with E-state index in [1.165, 1.54) is 11.3 Å². The van der Waals surface area contributed by atoms with Crippen LogP contribution in [0.25, 0.3) is 0 Å². The molecule has 0 saturated carbocycles. The van der Waals surface area contributed by atoms with Gasteiger partial charge in [0.15, 0.2) is 0 Å². The van der Waals surface area contributed by atoms with Crippen LogP contribution in [0.2, 0.25) is 0 Å². The van der Waals surface area contributed by atoms with Crippen LogP contribution in [-0.2, 0) is 19.4 Å². The van der Waals surface area contributed by atoms with Crippen LogP contribution in [0.15, 0.2) is 30.3 Å². The van der Waals surface area contributed by atoms with Crippen LogP contribution in [0.5, 0.6) is 0 Å². The molecule has 0 aliphatic heterocycles. The summed E-state index contributed by atoms with van der Waals surface area (Å²) < 4.78 is 2.09. The van der Waals surface area contributed by atoms with Crippen molar-refractivity contribution in [3.05, 3.63) is 52.8 Å². The Morgan fingerprint density at radius 2 is 1.90 bits per heavy atom. The molecule has 3 heteroatoms. The Kier molecular flexibility index (Phi) is 5.59. The fourth-order valence-electron chi connectivity index (χ4n) is 2.20. The number of aliphatic hydroxyl groups is 1. The van der Waals surface area contributed by atoms with Crippen molar-refractivity contribution in [3.8, 4) is 11.8 Å². The summed E-state index contributed by atoms with van der Waals surface area (Å²) in [5, 5.41) is 13.4. The third-order valence-electron chi connectivity index (χ3n) is 3.39. The lowest BCUT2D eigenvalue weighted by atomic mass is 10.1. The molecule has 0 amide bonds. The number of hydrogen-bond acceptors (Lipinski definition) is 2. The average Bonchev–Trinajstić information content (AvgIpc) is 2.91. The molecule has 1 aromatic heterocycles. The number of nitrogens with zero attached hydrogens (tertiary/aromatic N) is 2. The van der Waals surface area contributed by atoms with E-state index in [1.54, 1.807) is 0 Å². The Balaban J connectivity index is 2.10. The van der Waals surface area contributed by atoms with Gasteiger partial charge in [-0.3, -0.25) is 4.68 Å². The first-order chi connectivity index (χ1) is 10.3. The normalized spacial score (nSPS) is 10.2. The quantitative estimate of drug-likeness (QED) is 0.856. The summed E-state index contributed by atoms with van der Waals surface area (Å²) in [6.45, 7) is 5.20. The second kappa shape index (κ2) is 7.66. The molecule has 0 radical (unpaired) electrons. The first-order valence-electron chi connectivity index (χ1n) is 7.51. The summed E-state index contributed by atoms with van der Waals surface area (Å²) in [6.07, 6.45) is 2.49. The van der Waals surface area contributed by atoms with E-state index in [4.69, 9.17) is 5.11 Å². The minimum absolute atomic E-state index is 0.115. The Bertz CT molecular complexity index is 629. The highest BCUT2D eigenvalue weighted by atomic mass is 16.2. The summed E-state index contributed by atoms with van der Waals surface area (Å²) in [5.74, 6) is 5.97. The van der Waals surface area contributed by atoms with Gasteiger partial charge in [0.2, 0.25) is 0 Å². The third-order valence-corrected chi connectivity index (χ3v) is 3.39. The van der Waals surface area contributed by atoms with Crippen LogP contribution in [0.4, 0.5) is 0 Å². The molecule has 0 aliphatic rings. The van der Waals surface area contributed by atoms with Gasteiger partial charge >= 0.3 is 0 Å². The summed E-state index contributed by atoms with van der Waals surface area (Å²) in [4.78, 5) is 0. The number of aliphatic hydroxyl groups excluding tert-OH is 1. The molecule has 110 valence electrons. The molecule has 0 bridgehead atoms. The van der Waals surface area contributed by atoms with Gasteiger partial charge in [-0.1, -0.05) is 37.8 Å². The van der Waals surface area contributed by atoms with Gasteiger partial charge in [-0.2, -0.15) is 5.10 Å². The highest BCUT2D eigenvalue weighted by Crippen LogP contribution is 2.11. The molecule has 0 atom stereocenters. The Labute approximate surface area is 126 Å². The predicted molar refractivity (Wildman–Crippen MR) is 85.1 cm³/mol. The van der Waals surface area contributed by atoms with E-state index in [9.17, 15) is 0 Å². The first-order valence-corrected chi connectivity index (χ1v) is 7.51. The molecule has 1 heterocycles. The number of benzene rings is 1. The Morgan fingerprint density at radius 3 is 2.52 bits per heavy atom. The van der Waals surface area contributed by atoms with Crippen LogP contribution < -0.4 is 0 Å². The highest BCUT2D eigenvalue weighted by molar-refractivity contribution is 5.36. The fraction of sp³-hybridized carbons (Fsp3) is 0.389. The zero-order valence-electron chi connectivity index (χ0n) is 12.8. The molecular weight excluding hydrogens is 260 g/mol. The van der Waals surface area contributed by atoms with Crippen LogP contribution in [-0.4, -0.2) is 21.5 Å². The molecule has 0 spiro atoms. The summed E-state index contributed by atoms with van der Waals surface area (Å²) in [6, 6.07) is 10.4. The maximum absolute atomic E-state index is 8.71. The van der Waals surface area contributed by atoms with E-state index in [-0.39, 0.29) is 6.61 Å². The molecule has 0 saturated heterocycles. The van der Waals surface area contributed by atoms with Crippen molar-refractivity contribution < 1.29 is 5.11 Å². The Hall–Kier alpha value is -2.05. The molecule has 2 aromatic rings. The van der Waals surface area contributed by atoms with E-state index in [0.29, 0.717) is 6.42 Å². The standard InChI is InChI=1S/C18H22N2O/c1-3-17-13-18(4-2)20(19-17)14-16-10-8-15(9-11-16)7-5-6-12-21/h8-11,13,21H,3-4,6,12,14H2,1-2H3. The van der Waals surface area contributed by atoms with Gasteiger partial charge in [0.05, 0.1) is 18.8 Å². The van der Waals surface area contributed by atoms with Crippen molar-refractivity contribution in [2.75, 3.05) is 6.61 Å². The number of hydrogen-bond donors (Lipinski definition) is 1. The molecule has 0 aliphatic carbocycles. The van der Waals surface area contributed by atoms with Crippen molar-refractivity contribution in [1.29, 1.82) is 0 Å². The topological polar surface area (TPSA) is 38.0 Å². The molecule has 0 unspecified atom stereocenters. The minimum atomic E-state index is 0.115. The van der Waals surface area contributed by atoms with E-state index in [1.807, 2.05) is 12.1 Å². The lowest BCUT2D eigenvalue weighted by Crippen LogP contribution is -2.05. The van der Waals surface area contributed by atoms with E-state index in [2.05, 4.69) is 53.7 Å². The van der Waals surface area contributed by atoms with Crippen molar-refractivity contribution in [3.63, 3.8) is 0 Å². The van der Waals surface area contributed by atoms with Crippen molar-refractivity contribution >= 4 is 0 Å². The zero-order chi connectivity index (χ0) is 15.1. The van der Waals surface area contributed by atoms with E-state index >= 15 is 0 Å². The van der Waals surface area contributed by atoms with Crippen LogP contribution in [0.3, 0.4) is 0 Å². The van der Waals surface area contributed by atoms with E-state index in [0.717, 1.165) is 30.6 Å². The maximum Gasteiger partial charge on any atom is 0.0662 e. The van der Waals surface area contributed by atoms with Gasteiger partial charge in [0, 0.05) is 17.7 Å². The molecule has 1 N–H and O–H groups in total. The second-order valence-corrected chi connectivity index (χ2v) is 4.96. The smallest absolute Gasteiger partial charge is 0.0662 e. The summed E-state index contributed by atoms with van der Waals surface area (Å²) >= 11 is 0. The Morgan fingerprint density at radius 1 is 1.14 bits per heavy atom. The lowest BCUT2D eigenvalue weighted by Gasteiger charge is -2.06. The van der Waals surface area contributed by atoms with Gasteiger partial charge in [-0.05, 0) is 36.6 Å². The van der Waals surface area contributed by atoms with Gasteiger partial charge in [0.25, 0.3) is 0 Å². The first kappa shape index (κ1) is 15.3. The molecule has 1 aromatic carbocycles. The number of aromatic nitrogens is 2. The van der Waals surface area contributed by atoms with Gasteiger partial charge in [-0.25, -0.2) is 0 Å². The largest absolute Gasteiger partial charge is 0.395 e. The maximum atomic E-state index is 8.71. The van der Waals surface area contributed by atoms with Gasteiger partial charge in [0.1, 0.15) is 0 Å². The second-order valence-electron chi connectivity index (χ2n) is 4.96. The number of rotatable bonds is 5. The monoisotopic (exact) mass is 282 g/mol. The van der Waals surface area contributed by atoms with Gasteiger partial charge < -0.3 is 5.11 Å². The molecular formula is C18H22N2O. The molecule has 0 fully saturated rings. The zero-order valence-corrected chi connectivity index (χ0v) is 12.8. The lowest BCUT2D eigenvalue weighted by molar-refractivity contribution is 0.305. The van der Waals surface area contributed by atoms with Crippen molar-refractivity contribution in [2.24, 2.45) is 0 Å². The van der Waals surface area contributed by atoms with E-state index < -0.39 is 0 Å². The fourth-order valence-corrected chi connectivity index (χ4v) is 2.20. The average molecular weight is 282 g/mol. The number of aryl methyl sites for hydroxylation is 2.